The molecule has 0 radical (unpaired) electrons. The van der Waals surface area contributed by atoms with Crippen LogP contribution in [0.2, 0.25) is 0 Å². The highest BCUT2D eigenvalue weighted by molar-refractivity contribution is 5.89. The van der Waals surface area contributed by atoms with Crippen LogP contribution in [-0.2, 0) is 22.6 Å². The minimum atomic E-state index is -0.647. The van der Waals surface area contributed by atoms with E-state index in [1.807, 2.05) is 25.1 Å². The second kappa shape index (κ2) is 10.7. The third-order valence-electron chi connectivity index (χ3n) is 6.62. The molecule has 3 atom stereocenters. The van der Waals surface area contributed by atoms with Gasteiger partial charge in [-0.2, -0.15) is 0 Å². The summed E-state index contributed by atoms with van der Waals surface area (Å²) in [6, 6.07) is 15.0. The van der Waals surface area contributed by atoms with Gasteiger partial charge in [0.1, 0.15) is 17.6 Å². The Kier molecular flexibility index (Phi) is 7.51. The van der Waals surface area contributed by atoms with Crippen LogP contribution >= 0.6 is 0 Å². The van der Waals surface area contributed by atoms with E-state index in [0.717, 1.165) is 40.9 Å². The smallest absolute Gasteiger partial charge is 0.242 e. The van der Waals surface area contributed by atoms with Crippen LogP contribution in [-0.4, -0.2) is 42.5 Å². The lowest BCUT2D eigenvalue weighted by Gasteiger charge is -2.18. The van der Waals surface area contributed by atoms with Gasteiger partial charge < -0.3 is 26.4 Å². The van der Waals surface area contributed by atoms with E-state index in [4.69, 9.17) is 10.5 Å². The first-order valence-corrected chi connectivity index (χ1v) is 11.9. The number of methoxy groups -OCH3 is 1. The van der Waals surface area contributed by atoms with Crippen molar-refractivity contribution in [3.05, 3.63) is 65.4 Å². The van der Waals surface area contributed by atoms with Crippen LogP contribution in [0.1, 0.15) is 30.2 Å². The molecule has 0 spiro atoms. The van der Waals surface area contributed by atoms with E-state index in [-0.39, 0.29) is 17.9 Å². The molecule has 0 aliphatic carbocycles. The maximum Gasteiger partial charge on any atom is 0.242 e. The summed E-state index contributed by atoms with van der Waals surface area (Å²) < 4.78 is 5.63. The minimum absolute atomic E-state index is 0.161. The zero-order chi connectivity index (χ0) is 24.9. The summed E-state index contributed by atoms with van der Waals surface area (Å²) in [7, 11) is 1.69. The number of hydrogen-bond donors (Lipinski definition) is 4. The summed E-state index contributed by atoms with van der Waals surface area (Å²) in [5.41, 5.74) is 8.47. The van der Waals surface area contributed by atoms with E-state index in [9.17, 15) is 9.59 Å². The summed E-state index contributed by atoms with van der Waals surface area (Å²) >= 11 is 0. The number of nitrogens with zero attached hydrogens (tertiary/aromatic N) is 1. The number of hydrogen-bond acceptors (Lipinski definition) is 6. The number of carbonyl (C=O) groups is 2. The fraction of sp³-hybridized carbons (Fsp3) is 0.370. The number of benzene rings is 2. The van der Waals surface area contributed by atoms with Gasteiger partial charge in [-0.25, -0.2) is 4.98 Å². The van der Waals surface area contributed by atoms with Gasteiger partial charge in [0.15, 0.2) is 0 Å². The number of fused-ring (bicyclic) bond motifs is 1. The number of aryl methyl sites for hydroxylation is 1. The monoisotopic (exact) mass is 475 g/mol. The van der Waals surface area contributed by atoms with Gasteiger partial charge in [-0.3, -0.25) is 9.59 Å². The maximum absolute atomic E-state index is 12.8. The van der Waals surface area contributed by atoms with Crippen molar-refractivity contribution in [1.29, 1.82) is 0 Å². The van der Waals surface area contributed by atoms with Crippen LogP contribution in [0.25, 0.3) is 10.8 Å². The van der Waals surface area contributed by atoms with Crippen molar-refractivity contribution in [2.75, 3.05) is 19.4 Å². The topological polar surface area (TPSA) is 118 Å². The van der Waals surface area contributed by atoms with E-state index in [1.54, 1.807) is 20.1 Å². The second-order valence-corrected chi connectivity index (χ2v) is 9.21. The van der Waals surface area contributed by atoms with E-state index in [0.29, 0.717) is 24.7 Å². The van der Waals surface area contributed by atoms with Gasteiger partial charge in [-0.05, 0) is 79.3 Å². The molecule has 1 aliphatic rings. The molecule has 0 saturated carbocycles. The number of amides is 2. The van der Waals surface area contributed by atoms with Crippen molar-refractivity contribution in [2.45, 2.75) is 45.3 Å². The highest BCUT2D eigenvalue weighted by Gasteiger charge is 2.31. The van der Waals surface area contributed by atoms with Crippen molar-refractivity contribution in [3.8, 4) is 5.75 Å². The van der Waals surface area contributed by atoms with E-state index in [1.165, 1.54) is 5.39 Å². The number of ether oxygens (including phenoxy) is 1. The molecular formula is C27H33N5O3. The zero-order valence-corrected chi connectivity index (χ0v) is 20.4. The van der Waals surface area contributed by atoms with Crippen molar-refractivity contribution >= 4 is 28.4 Å². The molecule has 2 aromatic carbocycles. The molecule has 0 bridgehead atoms. The summed E-state index contributed by atoms with van der Waals surface area (Å²) in [6.07, 6.45) is 1.52. The highest BCUT2D eigenvalue weighted by atomic mass is 16.5. The van der Waals surface area contributed by atoms with E-state index in [2.05, 4.69) is 45.2 Å². The van der Waals surface area contributed by atoms with Gasteiger partial charge in [0, 0.05) is 12.2 Å². The standard InChI is InChI=1S/C27H33N5O3/c1-16-21(8-9-25(28)31-16)15-30-26(33)17(2)32-27(34)23-11-18(14-29-23)10-22-12-19-6-4-5-7-20(19)13-24(22)35-3/h4-9,12-13,17-18,23,29H,10-11,14-15H2,1-3H3,(H2,28,31)(H,30,33)(H,32,34)/t17-,18-,23+/m0/s1. The number of aromatic nitrogens is 1. The lowest BCUT2D eigenvalue weighted by molar-refractivity contribution is -0.129. The fourth-order valence-electron chi connectivity index (χ4n) is 4.60. The quantitative estimate of drug-likeness (QED) is 0.398. The molecule has 3 aromatic rings. The van der Waals surface area contributed by atoms with Crippen molar-refractivity contribution in [2.24, 2.45) is 5.92 Å². The second-order valence-electron chi connectivity index (χ2n) is 9.21. The number of rotatable bonds is 8. The first-order chi connectivity index (χ1) is 16.8. The fourth-order valence-corrected chi connectivity index (χ4v) is 4.60. The molecule has 184 valence electrons. The molecular weight excluding hydrogens is 442 g/mol. The number of pyridine rings is 1. The molecule has 0 unspecified atom stereocenters. The van der Waals surface area contributed by atoms with Gasteiger partial charge in [0.2, 0.25) is 11.8 Å². The lowest BCUT2D eigenvalue weighted by Crippen LogP contribution is -2.50. The minimum Gasteiger partial charge on any atom is -0.496 e. The van der Waals surface area contributed by atoms with Crippen LogP contribution < -0.4 is 26.4 Å². The largest absolute Gasteiger partial charge is 0.496 e. The average Bonchev–Trinajstić information content (AvgIpc) is 3.31. The molecule has 8 nitrogen and oxygen atoms in total. The molecule has 35 heavy (non-hydrogen) atoms. The van der Waals surface area contributed by atoms with E-state index >= 15 is 0 Å². The maximum atomic E-state index is 12.8. The highest BCUT2D eigenvalue weighted by Crippen LogP contribution is 2.30. The Balaban J connectivity index is 1.29. The van der Waals surface area contributed by atoms with Crippen molar-refractivity contribution in [3.63, 3.8) is 0 Å². The average molecular weight is 476 g/mol. The van der Waals surface area contributed by atoms with Crippen LogP contribution in [0, 0.1) is 12.8 Å². The molecule has 2 heterocycles. The SMILES string of the molecule is COc1cc2ccccc2cc1C[C@@H]1CN[C@@H](C(=O)N[C@@H](C)C(=O)NCc2ccc(N)nc2C)C1. The number of nitrogens with two attached hydrogens (primary N) is 1. The summed E-state index contributed by atoms with van der Waals surface area (Å²) in [6.45, 7) is 4.60. The Labute approximate surface area is 205 Å². The van der Waals surface area contributed by atoms with Crippen molar-refractivity contribution < 1.29 is 14.3 Å². The van der Waals surface area contributed by atoms with Gasteiger partial charge in [-0.15, -0.1) is 0 Å². The summed E-state index contributed by atoms with van der Waals surface area (Å²) in [5.74, 6) is 1.20. The predicted molar refractivity (Wildman–Crippen MR) is 137 cm³/mol. The Bertz CT molecular complexity index is 1230. The van der Waals surface area contributed by atoms with Crippen LogP contribution in [0.4, 0.5) is 5.82 Å². The van der Waals surface area contributed by atoms with Gasteiger partial charge >= 0.3 is 0 Å². The van der Waals surface area contributed by atoms with Gasteiger partial charge in [-0.1, -0.05) is 30.3 Å². The lowest BCUT2D eigenvalue weighted by atomic mass is 9.94. The molecule has 1 saturated heterocycles. The molecule has 5 N–H and O–H groups in total. The van der Waals surface area contributed by atoms with Crippen molar-refractivity contribution in [1.82, 2.24) is 20.9 Å². The Hall–Kier alpha value is -3.65. The Morgan fingerprint density at radius 2 is 1.91 bits per heavy atom. The van der Waals surface area contributed by atoms with Crippen LogP contribution in [0.5, 0.6) is 5.75 Å². The Morgan fingerprint density at radius 3 is 2.63 bits per heavy atom. The molecule has 4 rings (SSSR count). The molecule has 2 amide bonds. The van der Waals surface area contributed by atoms with Gasteiger partial charge in [0.25, 0.3) is 0 Å². The first-order valence-electron chi connectivity index (χ1n) is 11.9. The number of anilines is 1. The molecule has 1 fully saturated rings. The normalized spacial score (nSPS) is 18.3. The van der Waals surface area contributed by atoms with E-state index < -0.39 is 6.04 Å². The molecule has 1 aliphatic heterocycles. The molecule has 8 heteroatoms. The summed E-state index contributed by atoms with van der Waals surface area (Å²) in [5, 5.41) is 11.3. The number of nitrogens with one attached hydrogen (secondary N) is 3. The number of nitrogen functional groups attached to an aromatic ring is 1. The van der Waals surface area contributed by atoms with Crippen LogP contribution in [0.15, 0.2) is 48.5 Å². The van der Waals surface area contributed by atoms with Gasteiger partial charge in [0.05, 0.1) is 13.2 Å². The third kappa shape index (κ3) is 5.89. The number of carbonyl (C=O) groups excluding carboxylic acids is 2. The summed E-state index contributed by atoms with van der Waals surface area (Å²) in [4.78, 5) is 29.5. The predicted octanol–water partition coefficient (Wildman–Crippen LogP) is 2.48. The van der Waals surface area contributed by atoms with Crippen LogP contribution in [0.3, 0.4) is 0 Å². The zero-order valence-electron chi connectivity index (χ0n) is 20.4. The molecule has 1 aromatic heterocycles. The first kappa shape index (κ1) is 24.5. The third-order valence-corrected chi connectivity index (χ3v) is 6.62. The Morgan fingerprint density at radius 1 is 1.17 bits per heavy atom.